The number of methoxy groups -OCH3 is 1. The van der Waals surface area contributed by atoms with Gasteiger partial charge in [0.15, 0.2) is 0 Å². The molecular formula is C16H18O. The molecular weight excluding hydrogens is 208 g/mol. The van der Waals surface area contributed by atoms with Crippen molar-refractivity contribution < 1.29 is 4.74 Å². The van der Waals surface area contributed by atoms with Gasteiger partial charge in [-0.15, -0.1) is 0 Å². The van der Waals surface area contributed by atoms with Crippen molar-refractivity contribution >= 4 is 0 Å². The van der Waals surface area contributed by atoms with Crippen molar-refractivity contribution in [3.05, 3.63) is 65.7 Å². The quantitative estimate of drug-likeness (QED) is 0.752. The normalized spacial score (nSPS) is 10.2. The third kappa shape index (κ3) is 3.63. The van der Waals surface area contributed by atoms with Gasteiger partial charge in [0.25, 0.3) is 0 Å². The van der Waals surface area contributed by atoms with Gasteiger partial charge in [-0.2, -0.15) is 0 Å². The largest absolute Gasteiger partial charge is 0.497 e. The van der Waals surface area contributed by atoms with Crippen LogP contribution in [0.4, 0.5) is 0 Å². The van der Waals surface area contributed by atoms with Crippen LogP contribution in [-0.4, -0.2) is 7.11 Å². The average molecular weight is 226 g/mol. The molecule has 0 aliphatic carbocycles. The fourth-order valence-electron chi connectivity index (χ4n) is 1.93. The highest BCUT2D eigenvalue weighted by Crippen LogP contribution is 2.13. The van der Waals surface area contributed by atoms with E-state index in [0.29, 0.717) is 0 Å². The molecule has 0 saturated carbocycles. The summed E-state index contributed by atoms with van der Waals surface area (Å²) in [4.78, 5) is 0. The lowest BCUT2D eigenvalue weighted by atomic mass is 10.0. The number of aryl methyl sites for hydroxylation is 2. The van der Waals surface area contributed by atoms with Gasteiger partial charge < -0.3 is 4.74 Å². The van der Waals surface area contributed by atoms with E-state index in [-0.39, 0.29) is 0 Å². The molecule has 0 radical (unpaired) electrons. The van der Waals surface area contributed by atoms with Crippen LogP contribution in [0.25, 0.3) is 0 Å². The molecule has 0 N–H and O–H groups in total. The Morgan fingerprint density at radius 3 is 1.94 bits per heavy atom. The van der Waals surface area contributed by atoms with E-state index in [1.54, 1.807) is 7.11 Å². The van der Waals surface area contributed by atoms with E-state index in [0.717, 1.165) is 18.6 Å². The lowest BCUT2D eigenvalue weighted by Gasteiger charge is -2.04. The van der Waals surface area contributed by atoms with Gasteiger partial charge in [-0.3, -0.25) is 0 Å². The number of hydrogen-bond acceptors (Lipinski definition) is 1. The molecule has 88 valence electrons. The zero-order chi connectivity index (χ0) is 11.9. The first-order valence-corrected chi connectivity index (χ1v) is 6.05. The highest BCUT2D eigenvalue weighted by Gasteiger charge is 1.96. The second-order valence-corrected chi connectivity index (χ2v) is 4.19. The molecule has 2 rings (SSSR count). The van der Waals surface area contributed by atoms with Gasteiger partial charge in [0.05, 0.1) is 7.11 Å². The van der Waals surface area contributed by atoms with Crippen LogP contribution in [0.1, 0.15) is 17.5 Å². The maximum Gasteiger partial charge on any atom is 0.118 e. The molecule has 0 bridgehead atoms. The molecule has 0 aliphatic rings. The third-order valence-electron chi connectivity index (χ3n) is 2.93. The molecule has 0 atom stereocenters. The summed E-state index contributed by atoms with van der Waals surface area (Å²) in [7, 11) is 1.70. The SMILES string of the molecule is COc1ccc(CCCc2ccccc2)cc1. The van der Waals surface area contributed by atoms with E-state index in [2.05, 4.69) is 42.5 Å². The molecule has 0 spiro atoms. The van der Waals surface area contributed by atoms with Gasteiger partial charge in [0.2, 0.25) is 0 Å². The van der Waals surface area contributed by atoms with Gasteiger partial charge in [0, 0.05) is 0 Å². The Bertz CT molecular complexity index is 431. The molecule has 2 aromatic carbocycles. The minimum atomic E-state index is 0.928. The third-order valence-corrected chi connectivity index (χ3v) is 2.93. The summed E-state index contributed by atoms with van der Waals surface area (Å²) >= 11 is 0. The smallest absolute Gasteiger partial charge is 0.118 e. The first kappa shape index (κ1) is 11.7. The van der Waals surface area contributed by atoms with Gasteiger partial charge in [-0.05, 0) is 42.5 Å². The minimum absolute atomic E-state index is 0.928. The van der Waals surface area contributed by atoms with E-state index >= 15 is 0 Å². The second-order valence-electron chi connectivity index (χ2n) is 4.19. The molecule has 0 heterocycles. The zero-order valence-corrected chi connectivity index (χ0v) is 10.2. The molecule has 0 unspecified atom stereocenters. The summed E-state index contributed by atoms with van der Waals surface area (Å²) in [6.07, 6.45) is 3.46. The number of hydrogen-bond donors (Lipinski definition) is 0. The zero-order valence-electron chi connectivity index (χ0n) is 10.2. The molecule has 2 aromatic rings. The lowest BCUT2D eigenvalue weighted by molar-refractivity contribution is 0.414. The predicted octanol–water partition coefficient (Wildman–Crippen LogP) is 3.87. The molecule has 0 aromatic heterocycles. The van der Waals surface area contributed by atoms with Gasteiger partial charge in [-0.1, -0.05) is 42.5 Å². The molecule has 1 heteroatoms. The summed E-state index contributed by atoms with van der Waals surface area (Å²) in [5.41, 5.74) is 2.79. The summed E-state index contributed by atoms with van der Waals surface area (Å²) < 4.78 is 5.14. The summed E-state index contributed by atoms with van der Waals surface area (Å²) in [5.74, 6) is 0.928. The molecule has 17 heavy (non-hydrogen) atoms. The van der Waals surface area contributed by atoms with Gasteiger partial charge in [-0.25, -0.2) is 0 Å². The van der Waals surface area contributed by atoms with Crippen molar-refractivity contribution in [2.45, 2.75) is 19.3 Å². The fourth-order valence-corrected chi connectivity index (χ4v) is 1.93. The Morgan fingerprint density at radius 2 is 1.35 bits per heavy atom. The van der Waals surface area contributed by atoms with E-state index in [1.807, 2.05) is 12.1 Å². The van der Waals surface area contributed by atoms with Crippen LogP contribution in [0.15, 0.2) is 54.6 Å². The first-order chi connectivity index (χ1) is 8.38. The van der Waals surface area contributed by atoms with Crippen molar-refractivity contribution in [1.82, 2.24) is 0 Å². The molecule has 1 nitrogen and oxygen atoms in total. The van der Waals surface area contributed by atoms with E-state index in [9.17, 15) is 0 Å². The molecule has 0 fully saturated rings. The first-order valence-electron chi connectivity index (χ1n) is 6.05. The van der Waals surface area contributed by atoms with E-state index in [4.69, 9.17) is 4.74 Å². The monoisotopic (exact) mass is 226 g/mol. The molecule has 0 amide bonds. The van der Waals surface area contributed by atoms with Crippen molar-refractivity contribution in [2.24, 2.45) is 0 Å². The topological polar surface area (TPSA) is 9.23 Å². The lowest BCUT2D eigenvalue weighted by Crippen LogP contribution is -1.90. The average Bonchev–Trinajstić information content (AvgIpc) is 2.41. The van der Waals surface area contributed by atoms with Crippen LogP contribution >= 0.6 is 0 Å². The highest BCUT2D eigenvalue weighted by molar-refractivity contribution is 5.27. The standard InChI is InChI=1S/C16H18O/c1-17-16-12-10-15(11-13-16)9-5-8-14-6-3-2-4-7-14/h2-4,6-7,10-13H,5,8-9H2,1H3. The fraction of sp³-hybridized carbons (Fsp3) is 0.250. The van der Waals surface area contributed by atoms with Crippen molar-refractivity contribution in [3.63, 3.8) is 0 Å². The maximum atomic E-state index is 5.14. The van der Waals surface area contributed by atoms with Gasteiger partial charge >= 0.3 is 0 Å². The molecule has 0 aliphatic heterocycles. The predicted molar refractivity (Wildman–Crippen MR) is 71.5 cm³/mol. The van der Waals surface area contributed by atoms with Crippen LogP contribution in [0, 0.1) is 0 Å². The number of ether oxygens (including phenoxy) is 1. The highest BCUT2D eigenvalue weighted by atomic mass is 16.5. The van der Waals surface area contributed by atoms with E-state index < -0.39 is 0 Å². The maximum absolute atomic E-state index is 5.14. The van der Waals surface area contributed by atoms with E-state index in [1.165, 1.54) is 17.5 Å². The van der Waals surface area contributed by atoms with Crippen molar-refractivity contribution in [3.8, 4) is 5.75 Å². The Kier molecular flexibility index (Phi) is 4.20. The summed E-state index contributed by atoms with van der Waals surface area (Å²) in [5, 5.41) is 0. The van der Waals surface area contributed by atoms with Crippen LogP contribution in [0.5, 0.6) is 5.75 Å². The number of rotatable bonds is 5. The summed E-state index contributed by atoms with van der Waals surface area (Å²) in [6, 6.07) is 19.0. The van der Waals surface area contributed by atoms with Crippen LogP contribution in [0.3, 0.4) is 0 Å². The van der Waals surface area contributed by atoms with Crippen LogP contribution < -0.4 is 4.74 Å². The Morgan fingerprint density at radius 1 is 0.765 bits per heavy atom. The number of benzene rings is 2. The minimum Gasteiger partial charge on any atom is -0.497 e. The Balaban J connectivity index is 1.82. The van der Waals surface area contributed by atoms with Crippen molar-refractivity contribution in [2.75, 3.05) is 7.11 Å². The Hall–Kier alpha value is -1.76. The van der Waals surface area contributed by atoms with Gasteiger partial charge in [0.1, 0.15) is 5.75 Å². The van der Waals surface area contributed by atoms with Crippen LogP contribution in [0.2, 0.25) is 0 Å². The van der Waals surface area contributed by atoms with Crippen molar-refractivity contribution in [1.29, 1.82) is 0 Å². The Labute approximate surface area is 103 Å². The molecule has 0 saturated heterocycles. The van der Waals surface area contributed by atoms with Crippen LogP contribution in [-0.2, 0) is 12.8 Å². The summed E-state index contributed by atoms with van der Waals surface area (Å²) in [6.45, 7) is 0. The second kappa shape index (κ2) is 6.09.